The number of hydrogen-bond donors (Lipinski definition) is 0. The summed E-state index contributed by atoms with van der Waals surface area (Å²) in [6, 6.07) is 9.32. The van der Waals surface area contributed by atoms with Crippen molar-refractivity contribution in [1.82, 2.24) is 9.66 Å². The van der Waals surface area contributed by atoms with E-state index in [1.165, 1.54) is 0 Å². The van der Waals surface area contributed by atoms with Crippen LogP contribution in [-0.2, 0) is 0 Å². The Morgan fingerprint density at radius 1 is 1.30 bits per heavy atom. The number of carbonyl (C=O) groups is 1. The Kier molecular flexibility index (Phi) is 3.16. The monoisotopic (exact) mass is 285 g/mol. The van der Waals surface area contributed by atoms with E-state index >= 15 is 0 Å². The van der Waals surface area contributed by atoms with Crippen LogP contribution in [0.4, 0.5) is 5.69 Å². The average Bonchev–Trinajstić information content (AvgIpc) is 2.94. The number of pyridine rings is 1. The van der Waals surface area contributed by atoms with Crippen LogP contribution in [0.3, 0.4) is 0 Å². The molecule has 0 unspecified atom stereocenters. The van der Waals surface area contributed by atoms with Gasteiger partial charge >= 0.3 is 0 Å². The molecule has 0 saturated heterocycles. The first kappa shape index (κ1) is 12.7. The fourth-order valence-corrected chi connectivity index (χ4v) is 2.34. The molecule has 0 aliphatic carbocycles. The maximum Gasteiger partial charge on any atom is 0.151 e. The fraction of sp³-hybridized carbons (Fsp3) is 0.0667. The van der Waals surface area contributed by atoms with E-state index in [2.05, 4.69) is 4.98 Å². The van der Waals surface area contributed by atoms with E-state index in [1.54, 1.807) is 18.5 Å². The maximum atomic E-state index is 10.8. The Bertz CT molecular complexity index is 782. The summed E-state index contributed by atoms with van der Waals surface area (Å²) >= 11 is 5.99. The summed E-state index contributed by atoms with van der Waals surface area (Å²) in [7, 11) is 1.93. The van der Waals surface area contributed by atoms with Crippen molar-refractivity contribution in [2.75, 3.05) is 12.1 Å². The highest BCUT2D eigenvalue weighted by atomic mass is 35.5. The first-order chi connectivity index (χ1) is 9.69. The lowest BCUT2D eigenvalue weighted by Crippen LogP contribution is -2.23. The van der Waals surface area contributed by atoms with Crippen molar-refractivity contribution in [2.24, 2.45) is 0 Å². The number of rotatable bonds is 3. The number of nitrogens with zero attached hydrogens (tertiary/aromatic N) is 3. The molecule has 0 aliphatic heterocycles. The quantitative estimate of drug-likeness (QED) is 0.692. The number of halogens is 1. The highest BCUT2D eigenvalue weighted by Crippen LogP contribution is 2.27. The predicted molar refractivity (Wildman–Crippen MR) is 80.4 cm³/mol. The lowest BCUT2D eigenvalue weighted by Gasteiger charge is -2.22. The molecule has 2 heterocycles. The minimum Gasteiger partial charge on any atom is -0.298 e. The highest BCUT2D eigenvalue weighted by Gasteiger charge is 2.09. The predicted octanol–water partition coefficient (Wildman–Crippen LogP) is 3.40. The molecule has 1 aromatic carbocycles. The highest BCUT2D eigenvalue weighted by molar-refractivity contribution is 6.31. The molecular weight excluding hydrogens is 274 g/mol. The van der Waals surface area contributed by atoms with Crippen LogP contribution < -0.4 is 5.01 Å². The van der Waals surface area contributed by atoms with E-state index in [4.69, 9.17) is 11.6 Å². The molecule has 0 saturated carbocycles. The van der Waals surface area contributed by atoms with E-state index < -0.39 is 0 Å². The van der Waals surface area contributed by atoms with Gasteiger partial charge in [0.15, 0.2) is 6.29 Å². The molecule has 20 heavy (non-hydrogen) atoms. The number of aromatic nitrogens is 2. The van der Waals surface area contributed by atoms with Crippen molar-refractivity contribution >= 4 is 34.5 Å². The van der Waals surface area contributed by atoms with Gasteiger partial charge in [-0.15, -0.1) is 0 Å². The number of anilines is 1. The third-order valence-electron chi connectivity index (χ3n) is 3.21. The second-order valence-corrected chi connectivity index (χ2v) is 4.89. The van der Waals surface area contributed by atoms with E-state index in [0.29, 0.717) is 10.6 Å². The van der Waals surface area contributed by atoms with Gasteiger partial charge in [0.1, 0.15) is 0 Å². The summed E-state index contributed by atoms with van der Waals surface area (Å²) in [6.07, 6.45) is 6.19. The molecule has 2 aromatic heterocycles. The minimum atomic E-state index is 0.637. The third-order valence-corrected chi connectivity index (χ3v) is 3.45. The molecule has 0 fully saturated rings. The maximum absolute atomic E-state index is 10.8. The summed E-state index contributed by atoms with van der Waals surface area (Å²) in [5.41, 5.74) is 2.46. The molecule has 3 aromatic rings. The summed E-state index contributed by atoms with van der Waals surface area (Å²) in [5, 5.41) is 3.61. The van der Waals surface area contributed by atoms with Gasteiger partial charge in [-0.25, -0.2) is 0 Å². The number of benzene rings is 1. The number of aldehydes is 1. The summed E-state index contributed by atoms with van der Waals surface area (Å²) < 4.78 is 1.85. The molecule has 4 nitrogen and oxygen atoms in total. The lowest BCUT2D eigenvalue weighted by atomic mass is 10.2. The van der Waals surface area contributed by atoms with Gasteiger partial charge in [-0.2, -0.15) is 0 Å². The largest absolute Gasteiger partial charge is 0.298 e. The smallest absolute Gasteiger partial charge is 0.151 e. The Morgan fingerprint density at radius 2 is 2.15 bits per heavy atom. The Morgan fingerprint density at radius 3 is 2.90 bits per heavy atom. The van der Waals surface area contributed by atoms with Gasteiger partial charge in [0.2, 0.25) is 0 Å². The van der Waals surface area contributed by atoms with Crippen molar-refractivity contribution in [1.29, 1.82) is 0 Å². The molecule has 0 N–H and O–H groups in total. The van der Waals surface area contributed by atoms with Crippen LogP contribution in [-0.4, -0.2) is 23.0 Å². The molecule has 0 spiro atoms. The van der Waals surface area contributed by atoms with Crippen LogP contribution in [0.5, 0.6) is 0 Å². The molecule has 0 aliphatic rings. The molecular formula is C15H12ClN3O. The zero-order valence-corrected chi connectivity index (χ0v) is 11.6. The average molecular weight is 286 g/mol. The second kappa shape index (κ2) is 4.98. The summed E-state index contributed by atoms with van der Waals surface area (Å²) in [4.78, 5) is 15.1. The zero-order chi connectivity index (χ0) is 14.1. The van der Waals surface area contributed by atoms with Crippen molar-refractivity contribution in [3.63, 3.8) is 0 Å². The number of hydrogen-bond acceptors (Lipinski definition) is 3. The van der Waals surface area contributed by atoms with Gasteiger partial charge in [0, 0.05) is 41.6 Å². The third kappa shape index (κ3) is 2.14. The van der Waals surface area contributed by atoms with Crippen LogP contribution in [0.15, 0.2) is 48.9 Å². The Hall–Kier alpha value is -2.33. The Balaban J connectivity index is 2.11. The molecule has 0 atom stereocenters. The van der Waals surface area contributed by atoms with Gasteiger partial charge in [-0.1, -0.05) is 11.6 Å². The van der Waals surface area contributed by atoms with Crippen LogP contribution in [0.25, 0.3) is 10.9 Å². The van der Waals surface area contributed by atoms with Crippen molar-refractivity contribution in [3.8, 4) is 0 Å². The van der Waals surface area contributed by atoms with Gasteiger partial charge in [0.25, 0.3) is 0 Å². The standard InChI is InChI=1S/C15H12ClN3O/c1-18(19-7-5-11(9-19)10-20)15-4-6-17-14-8-12(16)2-3-13(14)15/h2-10H,1H3. The van der Waals surface area contributed by atoms with Crippen molar-refractivity contribution < 1.29 is 4.79 Å². The zero-order valence-electron chi connectivity index (χ0n) is 10.8. The summed E-state index contributed by atoms with van der Waals surface area (Å²) in [6.45, 7) is 0. The minimum absolute atomic E-state index is 0.637. The van der Waals surface area contributed by atoms with Crippen LogP contribution in [0.2, 0.25) is 5.02 Å². The summed E-state index contributed by atoms with van der Waals surface area (Å²) in [5.74, 6) is 0. The van der Waals surface area contributed by atoms with E-state index in [0.717, 1.165) is 22.9 Å². The molecule has 5 heteroatoms. The van der Waals surface area contributed by atoms with Crippen molar-refractivity contribution in [3.05, 3.63) is 59.5 Å². The van der Waals surface area contributed by atoms with Gasteiger partial charge < -0.3 is 0 Å². The number of carbonyl (C=O) groups excluding carboxylic acids is 1. The normalized spacial score (nSPS) is 10.7. The van der Waals surface area contributed by atoms with Crippen molar-refractivity contribution in [2.45, 2.75) is 0 Å². The topological polar surface area (TPSA) is 38.1 Å². The first-order valence-electron chi connectivity index (χ1n) is 6.10. The van der Waals surface area contributed by atoms with Crippen LogP contribution in [0.1, 0.15) is 10.4 Å². The van der Waals surface area contributed by atoms with Gasteiger partial charge in [-0.05, 0) is 30.3 Å². The first-order valence-corrected chi connectivity index (χ1v) is 6.48. The van der Waals surface area contributed by atoms with E-state index in [1.807, 2.05) is 47.2 Å². The lowest BCUT2D eigenvalue weighted by molar-refractivity contribution is 0.112. The van der Waals surface area contributed by atoms with Crippen LogP contribution >= 0.6 is 11.6 Å². The van der Waals surface area contributed by atoms with E-state index in [9.17, 15) is 4.79 Å². The van der Waals surface area contributed by atoms with Gasteiger partial charge in [0.05, 0.1) is 11.2 Å². The SMILES string of the molecule is CN(c1ccnc2cc(Cl)ccc12)n1ccc(C=O)c1. The molecule has 0 bridgehead atoms. The second-order valence-electron chi connectivity index (χ2n) is 4.46. The van der Waals surface area contributed by atoms with E-state index in [-0.39, 0.29) is 0 Å². The number of fused-ring (bicyclic) bond motifs is 1. The molecule has 100 valence electrons. The Labute approximate surface area is 121 Å². The molecule has 0 amide bonds. The molecule has 3 rings (SSSR count). The molecule has 0 radical (unpaired) electrons. The fourth-order valence-electron chi connectivity index (χ4n) is 2.17. The van der Waals surface area contributed by atoms with Gasteiger partial charge in [-0.3, -0.25) is 19.5 Å². The van der Waals surface area contributed by atoms with Crippen LogP contribution in [0, 0.1) is 0 Å².